The highest BCUT2D eigenvalue weighted by molar-refractivity contribution is 9.10. The Bertz CT molecular complexity index is 613. The molecule has 6 nitrogen and oxygen atoms in total. The first-order valence-electron chi connectivity index (χ1n) is 6.11. The normalized spacial score (nSPS) is 10.7. The van der Waals surface area contributed by atoms with Crippen LogP contribution in [0.3, 0.4) is 0 Å². The summed E-state index contributed by atoms with van der Waals surface area (Å²) in [7, 11) is 3.50. The monoisotopic (exact) mass is 340 g/mol. The molecule has 0 bridgehead atoms. The van der Waals surface area contributed by atoms with E-state index in [0.29, 0.717) is 24.7 Å². The van der Waals surface area contributed by atoms with Crippen molar-refractivity contribution < 1.29 is 9.47 Å². The van der Waals surface area contributed by atoms with Gasteiger partial charge >= 0.3 is 0 Å². The Balaban J connectivity index is 2.23. The third kappa shape index (κ3) is 2.94. The summed E-state index contributed by atoms with van der Waals surface area (Å²) >= 11 is 3.47. The quantitative estimate of drug-likeness (QED) is 0.899. The highest BCUT2D eigenvalue weighted by Crippen LogP contribution is 2.37. The number of rotatable bonds is 5. The minimum absolute atomic E-state index is 0.314. The Morgan fingerprint density at radius 3 is 2.65 bits per heavy atom. The number of ether oxygens (including phenoxy) is 2. The average Bonchev–Trinajstić information content (AvgIpc) is 2.76. The zero-order chi connectivity index (χ0) is 14.7. The average molecular weight is 341 g/mol. The smallest absolute Gasteiger partial charge is 0.176 e. The van der Waals surface area contributed by atoms with Crippen molar-refractivity contribution in [2.75, 3.05) is 7.11 Å². The third-order valence-corrected chi connectivity index (χ3v) is 3.64. The second-order valence-electron chi connectivity index (χ2n) is 4.32. The van der Waals surface area contributed by atoms with Crippen LogP contribution in [0.25, 0.3) is 0 Å². The molecule has 2 rings (SSSR count). The van der Waals surface area contributed by atoms with Crippen molar-refractivity contribution in [3.63, 3.8) is 0 Å². The molecule has 108 valence electrons. The van der Waals surface area contributed by atoms with Gasteiger partial charge in [-0.25, -0.2) is 0 Å². The van der Waals surface area contributed by atoms with Crippen LogP contribution in [-0.2, 0) is 20.2 Å². The van der Waals surface area contributed by atoms with E-state index in [1.807, 2.05) is 30.7 Å². The summed E-state index contributed by atoms with van der Waals surface area (Å²) in [4.78, 5) is 0. The predicted molar refractivity (Wildman–Crippen MR) is 78.7 cm³/mol. The number of methoxy groups -OCH3 is 1. The first-order chi connectivity index (χ1) is 9.56. The molecule has 0 aliphatic heterocycles. The van der Waals surface area contributed by atoms with E-state index in [4.69, 9.17) is 15.2 Å². The van der Waals surface area contributed by atoms with Crippen LogP contribution < -0.4 is 15.2 Å². The fourth-order valence-electron chi connectivity index (χ4n) is 1.74. The van der Waals surface area contributed by atoms with E-state index in [1.54, 1.807) is 7.11 Å². The van der Waals surface area contributed by atoms with E-state index in [-0.39, 0.29) is 0 Å². The number of aryl methyl sites for hydroxylation is 1. The van der Waals surface area contributed by atoms with Crippen molar-refractivity contribution in [2.24, 2.45) is 12.8 Å². The molecule has 0 radical (unpaired) electrons. The lowest BCUT2D eigenvalue weighted by Gasteiger charge is -2.13. The van der Waals surface area contributed by atoms with Crippen molar-refractivity contribution in [1.29, 1.82) is 0 Å². The fraction of sp³-hybridized carbons (Fsp3) is 0.385. The molecule has 2 N–H and O–H groups in total. The fourth-order valence-corrected chi connectivity index (χ4v) is 2.35. The van der Waals surface area contributed by atoms with E-state index in [9.17, 15) is 0 Å². The van der Waals surface area contributed by atoms with Gasteiger partial charge in [-0.05, 0) is 40.5 Å². The third-order valence-electron chi connectivity index (χ3n) is 3.05. The van der Waals surface area contributed by atoms with Crippen LogP contribution >= 0.6 is 15.9 Å². The Morgan fingerprint density at radius 1 is 1.35 bits per heavy atom. The summed E-state index contributed by atoms with van der Waals surface area (Å²) in [5.41, 5.74) is 6.61. The minimum Gasteiger partial charge on any atom is -0.493 e. The van der Waals surface area contributed by atoms with Crippen LogP contribution in [0.5, 0.6) is 11.5 Å². The molecule has 0 aliphatic carbocycles. The second-order valence-corrected chi connectivity index (χ2v) is 5.18. The molecule has 1 aromatic carbocycles. The molecule has 0 spiro atoms. The second kappa shape index (κ2) is 6.23. The van der Waals surface area contributed by atoms with Gasteiger partial charge in [0.1, 0.15) is 12.4 Å². The highest BCUT2D eigenvalue weighted by Gasteiger charge is 2.13. The van der Waals surface area contributed by atoms with Gasteiger partial charge in [0.25, 0.3) is 0 Å². The van der Waals surface area contributed by atoms with Crippen LogP contribution in [0.2, 0.25) is 0 Å². The van der Waals surface area contributed by atoms with Crippen LogP contribution in [0.4, 0.5) is 0 Å². The van der Waals surface area contributed by atoms with Crippen LogP contribution in [-0.4, -0.2) is 21.9 Å². The zero-order valence-corrected chi connectivity index (χ0v) is 13.3. The standard InChI is InChI=1S/C13H17BrN4O2/c1-8-16-17-12(18(8)2)7-20-13-10(14)4-9(6-15)5-11(13)19-3/h4-5H,6-7,15H2,1-3H3. The van der Waals surface area contributed by atoms with Crippen LogP contribution in [0.1, 0.15) is 17.2 Å². The predicted octanol–water partition coefficient (Wildman–Crippen LogP) is 1.93. The number of aromatic nitrogens is 3. The molecular formula is C13H17BrN4O2. The largest absolute Gasteiger partial charge is 0.493 e. The lowest BCUT2D eigenvalue weighted by Crippen LogP contribution is -2.06. The Kier molecular flexibility index (Phi) is 4.61. The zero-order valence-electron chi connectivity index (χ0n) is 11.7. The van der Waals surface area contributed by atoms with Gasteiger partial charge in [0, 0.05) is 13.6 Å². The lowest BCUT2D eigenvalue weighted by molar-refractivity contribution is 0.270. The van der Waals surface area contributed by atoms with Gasteiger partial charge in [0.05, 0.1) is 11.6 Å². The summed E-state index contributed by atoms with van der Waals surface area (Å²) in [6.07, 6.45) is 0. The summed E-state index contributed by atoms with van der Waals surface area (Å²) in [5, 5.41) is 8.06. The number of nitrogens with zero attached hydrogens (tertiary/aromatic N) is 3. The lowest BCUT2D eigenvalue weighted by atomic mass is 10.2. The van der Waals surface area contributed by atoms with E-state index >= 15 is 0 Å². The molecule has 0 aliphatic rings. The summed E-state index contributed by atoms with van der Waals surface area (Å²) < 4.78 is 13.8. The summed E-state index contributed by atoms with van der Waals surface area (Å²) in [6.45, 7) is 2.65. The van der Waals surface area contributed by atoms with E-state index in [1.165, 1.54) is 0 Å². The van der Waals surface area contributed by atoms with Crippen molar-refractivity contribution in [3.05, 3.63) is 33.8 Å². The Hall–Kier alpha value is -1.60. The maximum absolute atomic E-state index is 5.80. The molecule has 0 saturated carbocycles. The minimum atomic E-state index is 0.314. The molecule has 0 amide bonds. The van der Waals surface area contributed by atoms with Gasteiger partial charge in [-0.2, -0.15) is 0 Å². The first-order valence-corrected chi connectivity index (χ1v) is 6.90. The molecule has 0 atom stereocenters. The maximum Gasteiger partial charge on any atom is 0.176 e. The number of halogens is 1. The Labute approximate surface area is 126 Å². The van der Waals surface area contributed by atoms with Gasteiger partial charge in [0.15, 0.2) is 17.3 Å². The maximum atomic E-state index is 5.80. The van der Waals surface area contributed by atoms with Crippen molar-refractivity contribution in [1.82, 2.24) is 14.8 Å². The van der Waals surface area contributed by atoms with Gasteiger partial charge < -0.3 is 19.8 Å². The van der Waals surface area contributed by atoms with Crippen LogP contribution in [0.15, 0.2) is 16.6 Å². The molecule has 1 heterocycles. The molecule has 1 aromatic heterocycles. The molecule has 0 saturated heterocycles. The van der Waals surface area contributed by atoms with Crippen molar-refractivity contribution in [3.8, 4) is 11.5 Å². The summed E-state index contributed by atoms with van der Waals surface area (Å²) in [5.74, 6) is 2.86. The number of hydrogen-bond acceptors (Lipinski definition) is 5. The van der Waals surface area contributed by atoms with E-state index in [0.717, 1.165) is 21.7 Å². The van der Waals surface area contributed by atoms with Crippen LogP contribution in [0, 0.1) is 6.92 Å². The molecule has 0 fully saturated rings. The SMILES string of the molecule is COc1cc(CN)cc(Br)c1OCc1nnc(C)n1C. The van der Waals surface area contributed by atoms with Gasteiger partial charge in [0.2, 0.25) is 0 Å². The van der Waals surface area contributed by atoms with E-state index in [2.05, 4.69) is 26.1 Å². The van der Waals surface area contributed by atoms with Gasteiger partial charge in [-0.15, -0.1) is 10.2 Å². The number of benzene rings is 1. The Morgan fingerprint density at radius 2 is 2.10 bits per heavy atom. The van der Waals surface area contributed by atoms with E-state index < -0.39 is 0 Å². The molecular weight excluding hydrogens is 324 g/mol. The molecule has 7 heteroatoms. The first kappa shape index (κ1) is 14.8. The molecule has 0 unspecified atom stereocenters. The number of nitrogens with two attached hydrogens (primary N) is 1. The molecule has 20 heavy (non-hydrogen) atoms. The highest BCUT2D eigenvalue weighted by atomic mass is 79.9. The van der Waals surface area contributed by atoms with Gasteiger partial charge in [-0.3, -0.25) is 0 Å². The van der Waals surface area contributed by atoms with Crippen molar-refractivity contribution in [2.45, 2.75) is 20.1 Å². The topological polar surface area (TPSA) is 75.2 Å². The van der Waals surface area contributed by atoms with Gasteiger partial charge in [-0.1, -0.05) is 0 Å². The summed E-state index contributed by atoms with van der Waals surface area (Å²) in [6, 6.07) is 3.78. The van der Waals surface area contributed by atoms with Crippen molar-refractivity contribution >= 4 is 15.9 Å². The molecule has 2 aromatic rings. The number of hydrogen-bond donors (Lipinski definition) is 1.